The van der Waals surface area contributed by atoms with Gasteiger partial charge in [-0.3, -0.25) is 14.5 Å². The number of carbonyl (C=O) groups is 2. The van der Waals surface area contributed by atoms with Gasteiger partial charge in [0.2, 0.25) is 5.88 Å². The molecule has 2 bridgehead atoms. The molecular formula is C22H25N3O3. The summed E-state index contributed by atoms with van der Waals surface area (Å²) >= 11 is 0. The minimum absolute atomic E-state index is 0.0354. The molecule has 3 fully saturated rings. The number of ketones is 1. The van der Waals surface area contributed by atoms with Gasteiger partial charge in [0.1, 0.15) is 5.75 Å². The maximum atomic E-state index is 12.7. The first-order valence-corrected chi connectivity index (χ1v) is 9.81. The van der Waals surface area contributed by atoms with E-state index in [1.54, 1.807) is 36.4 Å². The van der Waals surface area contributed by atoms with Gasteiger partial charge in [-0.1, -0.05) is 0 Å². The molecule has 146 valence electrons. The van der Waals surface area contributed by atoms with Crippen LogP contribution < -0.4 is 10.1 Å². The van der Waals surface area contributed by atoms with Gasteiger partial charge in [-0.05, 0) is 76.0 Å². The van der Waals surface area contributed by atoms with Crippen molar-refractivity contribution in [3.05, 3.63) is 53.7 Å². The van der Waals surface area contributed by atoms with E-state index in [4.69, 9.17) is 4.74 Å². The fourth-order valence-corrected chi connectivity index (χ4v) is 4.22. The number of amides is 1. The van der Waals surface area contributed by atoms with Crippen LogP contribution in [0.4, 0.5) is 0 Å². The number of benzene rings is 1. The van der Waals surface area contributed by atoms with Crippen molar-refractivity contribution in [1.29, 1.82) is 0 Å². The molecule has 0 radical (unpaired) electrons. The monoisotopic (exact) mass is 379 g/mol. The number of aromatic nitrogens is 1. The predicted molar refractivity (Wildman–Crippen MR) is 106 cm³/mol. The van der Waals surface area contributed by atoms with E-state index in [1.165, 1.54) is 13.1 Å². The summed E-state index contributed by atoms with van der Waals surface area (Å²) in [5.41, 5.74) is 1.16. The molecule has 5 rings (SSSR count). The van der Waals surface area contributed by atoms with Crippen LogP contribution in [0.3, 0.4) is 0 Å². The summed E-state index contributed by atoms with van der Waals surface area (Å²) in [6, 6.07) is 11.0. The molecule has 3 aliphatic heterocycles. The smallest absolute Gasteiger partial charge is 0.251 e. The molecule has 4 heterocycles. The standard InChI is InChI=1S/C22H25N3O3/c1-14-21(16-9-11-25(14)12-10-16)24-22(27)17-3-6-19(7-4-17)28-20-8-5-18(13-23-20)15(2)26/h3-8,13-14,16,21H,9-12H2,1-2H3,(H,24,27)/t14-,21-/m0/s1. The van der Waals surface area contributed by atoms with Gasteiger partial charge in [0.15, 0.2) is 5.78 Å². The van der Waals surface area contributed by atoms with E-state index in [9.17, 15) is 9.59 Å². The second kappa shape index (κ2) is 7.72. The number of nitrogens with zero attached hydrogens (tertiary/aromatic N) is 2. The lowest BCUT2D eigenvalue weighted by Crippen LogP contribution is -2.62. The van der Waals surface area contributed by atoms with Crippen molar-refractivity contribution in [2.45, 2.75) is 38.8 Å². The van der Waals surface area contributed by atoms with E-state index < -0.39 is 0 Å². The first kappa shape index (κ1) is 18.6. The minimum Gasteiger partial charge on any atom is -0.439 e. The normalized spacial score (nSPS) is 25.9. The second-order valence-electron chi connectivity index (χ2n) is 7.68. The highest BCUT2D eigenvalue weighted by atomic mass is 16.5. The Morgan fingerprint density at radius 1 is 1.07 bits per heavy atom. The number of piperidine rings is 3. The molecule has 6 nitrogen and oxygen atoms in total. The van der Waals surface area contributed by atoms with E-state index in [1.807, 2.05) is 0 Å². The van der Waals surface area contributed by atoms with Crippen LogP contribution in [-0.2, 0) is 0 Å². The molecule has 0 unspecified atom stereocenters. The number of rotatable bonds is 5. The SMILES string of the molecule is CC(=O)c1ccc(Oc2ccc(C(=O)N[C@@H]3C4CCN(CC4)[C@H]3C)cc2)nc1. The molecular weight excluding hydrogens is 354 g/mol. The summed E-state index contributed by atoms with van der Waals surface area (Å²) < 4.78 is 5.69. The van der Waals surface area contributed by atoms with Crippen molar-refractivity contribution in [1.82, 2.24) is 15.2 Å². The number of hydrogen-bond donors (Lipinski definition) is 1. The lowest BCUT2D eigenvalue weighted by molar-refractivity contribution is 0.0217. The topological polar surface area (TPSA) is 71.5 Å². The average molecular weight is 379 g/mol. The van der Waals surface area contributed by atoms with E-state index in [2.05, 4.69) is 22.1 Å². The van der Waals surface area contributed by atoms with Gasteiger partial charge in [0, 0.05) is 35.5 Å². The Bertz CT molecular complexity index is 854. The Balaban J connectivity index is 1.38. The number of hydrogen-bond acceptors (Lipinski definition) is 5. The third-order valence-electron chi connectivity index (χ3n) is 5.96. The largest absolute Gasteiger partial charge is 0.439 e. The van der Waals surface area contributed by atoms with Crippen LogP contribution in [0, 0.1) is 5.92 Å². The number of nitrogens with one attached hydrogen (secondary N) is 1. The van der Waals surface area contributed by atoms with Crippen molar-refractivity contribution >= 4 is 11.7 Å². The summed E-state index contributed by atoms with van der Waals surface area (Å²) in [7, 11) is 0. The quantitative estimate of drug-likeness (QED) is 0.807. The van der Waals surface area contributed by atoms with Crippen LogP contribution >= 0.6 is 0 Å². The summed E-state index contributed by atoms with van der Waals surface area (Å²) in [6.45, 7) is 5.99. The molecule has 3 aliphatic rings. The van der Waals surface area contributed by atoms with Crippen molar-refractivity contribution in [2.24, 2.45) is 5.92 Å². The molecule has 2 atom stereocenters. The highest BCUT2D eigenvalue weighted by Crippen LogP contribution is 2.32. The van der Waals surface area contributed by atoms with Crippen LogP contribution in [-0.4, -0.2) is 46.7 Å². The lowest BCUT2D eigenvalue weighted by atomic mass is 9.79. The molecule has 1 amide bonds. The summed E-state index contributed by atoms with van der Waals surface area (Å²) in [6.07, 6.45) is 3.82. The van der Waals surface area contributed by atoms with Crippen molar-refractivity contribution in [2.75, 3.05) is 13.1 Å². The molecule has 28 heavy (non-hydrogen) atoms. The van der Waals surface area contributed by atoms with Gasteiger partial charge in [0.25, 0.3) is 5.91 Å². The van der Waals surface area contributed by atoms with Gasteiger partial charge >= 0.3 is 0 Å². The first-order valence-electron chi connectivity index (χ1n) is 9.81. The van der Waals surface area contributed by atoms with Gasteiger partial charge in [-0.25, -0.2) is 4.98 Å². The first-order chi connectivity index (χ1) is 13.5. The lowest BCUT2D eigenvalue weighted by Gasteiger charge is -2.49. The molecule has 1 aromatic heterocycles. The minimum atomic E-state index is -0.0407. The second-order valence-corrected chi connectivity index (χ2v) is 7.68. The maximum Gasteiger partial charge on any atom is 0.251 e. The number of Topliss-reactive ketones (excluding diaryl/α,β-unsaturated/α-hetero) is 1. The van der Waals surface area contributed by atoms with Crippen LogP contribution in [0.1, 0.15) is 47.4 Å². The van der Waals surface area contributed by atoms with Crippen LogP contribution in [0.25, 0.3) is 0 Å². The van der Waals surface area contributed by atoms with Crippen LogP contribution in [0.2, 0.25) is 0 Å². The highest BCUT2D eigenvalue weighted by molar-refractivity contribution is 5.94. The Morgan fingerprint density at radius 2 is 1.75 bits per heavy atom. The summed E-state index contributed by atoms with van der Waals surface area (Å²) in [5.74, 6) is 1.50. The van der Waals surface area contributed by atoms with Gasteiger partial charge in [-0.15, -0.1) is 0 Å². The number of ether oxygens (including phenoxy) is 1. The summed E-state index contributed by atoms with van der Waals surface area (Å²) in [5, 5.41) is 3.24. The van der Waals surface area contributed by atoms with Gasteiger partial charge in [-0.2, -0.15) is 0 Å². The fraction of sp³-hybridized carbons (Fsp3) is 0.409. The third kappa shape index (κ3) is 3.78. The Kier molecular flexibility index (Phi) is 5.13. The molecule has 0 aliphatic carbocycles. The zero-order valence-electron chi connectivity index (χ0n) is 16.2. The van der Waals surface area contributed by atoms with Crippen LogP contribution in [0.15, 0.2) is 42.6 Å². The van der Waals surface area contributed by atoms with E-state index in [0.29, 0.717) is 34.7 Å². The van der Waals surface area contributed by atoms with Crippen molar-refractivity contribution < 1.29 is 14.3 Å². The number of fused-ring (bicyclic) bond motifs is 3. The van der Waals surface area contributed by atoms with Gasteiger partial charge in [0.05, 0.1) is 0 Å². The summed E-state index contributed by atoms with van der Waals surface area (Å²) in [4.78, 5) is 30.6. The molecule has 0 spiro atoms. The molecule has 0 saturated carbocycles. The molecule has 1 N–H and O–H groups in total. The third-order valence-corrected chi connectivity index (χ3v) is 5.96. The highest BCUT2D eigenvalue weighted by Gasteiger charge is 2.40. The Labute approximate surface area is 164 Å². The van der Waals surface area contributed by atoms with E-state index >= 15 is 0 Å². The number of carbonyl (C=O) groups excluding carboxylic acids is 2. The average Bonchev–Trinajstić information content (AvgIpc) is 2.72. The van der Waals surface area contributed by atoms with E-state index in [0.717, 1.165) is 25.9 Å². The zero-order chi connectivity index (χ0) is 19.7. The van der Waals surface area contributed by atoms with Crippen molar-refractivity contribution in [3.63, 3.8) is 0 Å². The fourth-order valence-electron chi connectivity index (χ4n) is 4.22. The molecule has 2 aromatic rings. The molecule has 1 aromatic carbocycles. The molecule has 6 heteroatoms. The van der Waals surface area contributed by atoms with Crippen LogP contribution in [0.5, 0.6) is 11.6 Å². The van der Waals surface area contributed by atoms with Crippen molar-refractivity contribution in [3.8, 4) is 11.6 Å². The predicted octanol–water partition coefficient (Wildman–Crippen LogP) is 3.29. The Morgan fingerprint density at radius 3 is 2.32 bits per heavy atom. The van der Waals surface area contributed by atoms with E-state index in [-0.39, 0.29) is 17.7 Å². The van der Waals surface area contributed by atoms with Gasteiger partial charge < -0.3 is 10.1 Å². The Hall–Kier alpha value is -2.73. The maximum absolute atomic E-state index is 12.7. The zero-order valence-corrected chi connectivity index (χ0v) is 16.2. The number of pyridine rings is 1. The molecule has 3 saturated heterocycles.